The summed E-state index contributed by atoms with van der Waals surface area (Å²) in [7, 11) is 1.92. The van der Waals surface area contributed by atoms with Gasteiger partial charge in [-0.3, -0.25) is 4.79 Å². The Morgan fingerprint density at radius 3 is 2.95 bits per heavy atom. The third-order valence-electron chi connectivity index (χ3n) is 3.66. The normalized spacial score (nSPS) is 18.1. The number of likely N-dealkylation sites (tertiary alicyclic amines) is 1. The van der Waals surface area contributed by atoms with Gasteiger partial charge >= 0.3 is 0 Å². The van der Waals surface area contributed by atoms with Crippen LogP contribution in [0.2, 0.25) is 5.22 Å². The van der Waals surface area contributed by atoms with Crippen LogP contribution in [0.15, 0.2) is 4.52 Å². The molecular formula is C13H21Cl2N3O2. The van der Waals surface area contributed by atoms with Gasteiger partial charge in [0, 0.05) is 31.1 Å². The van der Waals surface area contributed by atoms with Crippen molar-refractivity contribution in [3.05, 3.63) is 16.5 Å². The molecule has 1 atom stereocenters. The van der Waals surface area contributed by atoms with Crippen molar-refractivity contribution >= 4 is 29.9 Å². The van der Waals surface area contributed by atoms with Crippen molar-refractivity contribution in [1.82, 2.24) is 15.4 Å². The first kappa shape index (κ1) is 17.3. The summed E-state index contributed by atoms with van der Waals surface area (Å²) >= 11 is 5.90. The fourth-order valence-electron chi connectivity index (χ4n) is 2.63. The maximum atomic E-state index is 12.3. The lowest BCUT2D eigenvalue weighted by atomic mass is 10.1. The first-order valence-electron chi connectivity index (χ1n) is 6.68. The average molecular weight is 322 g/mol. The smallest absolute Gasteiger partial charge is 0.229 e. The molecule has 1 saturated heterocycles. The Labute approximate surface area is 130 Å². The minimum atomic E-state index is 0. The Morgan fingerprint density at radius 1 is 1.60 bits per heavy atom. The molecule has 1 aliphatic rings. The molecule has 1 unspecified atom stereocenters. The molecule has 0 aliphatic carbocycles. The van der Waals surface area contributed by atoms with Crippen molar-refractivity contribution in [3.63, 3.8) is 0 Å². The second kappa shape index (κ2) is 7.86. The number of halogens is 2. The van der Waals surface area contributed by atoms with Crippen LogP contribution >= 0.6 is 24.0 Å². The SMILES string of the molecule is CNCC1CCCN1C(=O)CCc1c(C)noc1Cl.Cl. The van der Waals surface area contributed by atoms with E-state index in [1.54, 1.807) is 0 Å². The summed E-state index contributed by atoms with van der Waals surface area (Å²) in [5.41, 5.74) is 1.62. The topological polar surface area (TPSA) is 58.4 Å². The van der Waals surface area contributed by atoms with Crippen LogP contribution < -0.4 is 5.32 Å². The molecule has 0 aromatic carbocycles. The van der Waals surface area contributed by atoms with Crippen LogP contribution in [0.4, 0.5) is 0 Å². The Kier molecular flexibility index (Phi) is 6.79. The molecule has 1 aliphatic heterocycles. The maximum absolute atomic E-state index is 12.3. The van der Waals surface area contributed by atoms with E-state index in [9.17, 15) is 4.79 Å². The highest BCUT2D eigenvalue weighted by molar-refractivity contribution is 6.29. The van der Waals surface area contributed by atoms with E-state index in [-0.39, 0.29) is 18.3 Å². The number of carbonyl (C=O) groups is 1. The molecule has 114 valence electrons. The van der Waals surface area contributed by atoms with E-state index in [2.05, 4.69) is 10.5 Å². The van der Waals surface area contributed by atoms with Crippen molar-refractivity contribution < 1.29 is 9.32 Å². The molecule has 1 aromatic heterocycles. The monoisotopic (exact) mass is 321 g/mol. The highest BCUT2D eigenvalue weighted by Gasteiger charge is 2.28. The quantitative estimate of drug-likeness (QED) is 0.903. The van der Waals surface area contributed by atoms with Gasteiger partial charge in [0.15, 0.2) is 0 Å². The summed E-state index contributed by atoms with van der Waals surface area (Å²) in [4.78, 5) is 14.2. The second-order valence-electron chi connectivity index (χ2n) is 4.96. The predicted octanol–water partition coefficient (Wildman–Crippen LogP) is 2.20. The van der Waals surface area contributed by atoms with Crippen molar-refractivity contribution in [3.8, 4) is 0 Å². The molecule has 0 bridgehead atoms. The second-order valence-corrected chi connectivity index (χ2v) is 5.30. The van der Waals surface area contributed by atoms with Gasteiger partial charge in [-0.15, -0.1) is 12.4 Å². The molecule has 1 fully saturated rings. The molecule has 7 heteroatoms. The number of rotatable bonds is 5. The van der Waals surface area contributed by atoms with E-state index in [1.807, 2.05) is 18.9 Å². The number of nitrogens with zero attached hydrogens (tertiary/aromatic N) is 2. The van der Waals surface area contributed by atoms with Gasteiger partial charge in [0.1, 0.15) is 0 Å². The number of likely N-dealkylation sites (N-methyl/N-ethyl adjacent to an activating group) is 1. The van der Waals surface area contributed by atoms with E-state index in [0.717, 1.165) is 37.2 Å². The Hall–Kier alpha value is -0.780. The number of aryl methyl sites for hydroxylation is 1. The number of hydrogen-bond donors (Lipinski definition) is 1. The first-order valence-corrected chi connectivity index (χ1v) is 7.06. The molecule has 1 amide bonds. The van der Waals surface area contributed by atoms with Crippen molar-refractivity contribution in [2.75, 3.05) is 20.1 Å². The van der Waals surface area contributed by atoms with Crippen LogP contribution in [0.5, 0.6) is 0 Å². The average Bonchev–Trinajstić information content (AvgIpc) is 2.96. The summed E-state index contributed by atoms with van der Waals surface area (Å²) in [6.45, 7) is 3.56. The van der Waals surface area contributed by atoms with Crippen molar-refractivity contribution in [2.45, 2.75) is 38.6 Å². The molecule has 1 N–H and O–H groups in total. The van der Waals surface area contributed by atoms with Gasteiger partial charge in [-0.1, -0.05) is 5.16 Å². The number of hydrogen-bond acceptors (Lipinski definition) is 4. The lowest BCUT2D eigenvalue weighted by Crippen LogP contribution is -2.40. The molecule has 2 rings (SSSR count). The summed E-state index contributed by atoms with van der Waals surface area (Å²) in [5.74, 6) is 0.189. The van der Waals surface area contributed by atoms with Crippen LogP contribution in [0.3, 0.4) is 0 Å². The standard InChI is InChI=1S/C13H20ClN3O2.ClH/c1-9-11(13(14)19-16-9)5-6-12(18)17-7-3-4-10(17)8-15-2;/h10,15H,3-8H2,1-2H3;1H. The minimum absolute atomic E-state index is 0. The number of amides is 1. The van der Waals surface area contributed by atoms with Gasteiger partial charge in [-0.2, -0.15) is 0 Å². The third kappa shape index (κ3) is 3.87. The molecule has 0 spiro atoms. The lowest BCUT2D eigenvalue weighted by molar-refractivity contribution is -0.131. The van der Waals surface area contributed by atoms with Gasteiger partial charge in [0.2, 0.25) is 11.1 Å². The lowest BCUT2D eigenvalue weighted by Gasteiger charge is -2.24. The van der Waals surface area contributed by atoms with Crippen molar-refractivity contribution in [2.24, 2.45) is 0 Å². The largest absolute Gasteiger partial charge is 0.344 e. The van der Waals surface area contributed by atoms with E-state index >= 15 is 0 Å². The molecule has 2 heterocycles. The zero-order valence-corrected chi connectivity index (χ0v) is 13.4. The zero-order chi connectivity index (χ0) is 13.8. The van der Waals surface area contributed by atoms with Crippen LogP contribution in [0.25, 0.3) is 0 Å². The molecule has 5 nitrogen and oxygen atoms in total. The summed E-state index contributed by atoms with van der Waals surface area (Å²) in [5, 5.41) is 7.24. The van der Waals surface area contributed by atoms with E-state index < -0.39 is 0 Å². The Bertz CT molecular complexity index is 431. The van der Waals surface area contributed by atoms with Crippen LogP contribution in [0, 0.1) is 6.92 Å². The third-order valence-corrected chi connectivity index (χ3v) is 3.96. The highest BCUT2D eigenvalue weighted by atomic mass is 35.5. The zero-order valence-electron chi connectivity index (χ0n) is 11.8. The van der Waals surface area contributed by atoms with Gasteiger partial charge in [0.25, 0.3) is 0 Å². The summed E-state index contributed by atoms with van der Waals surface area (Å²) < 4.78 is 4.89. The number of carbonyl (C=O) groups excluding carboxylic acids is 1. The molecule has 1 aromatic rings. The number of nitrogens with one attached hydrogen (secondary N) is 1. The van der Waals surface area contributed by atoms with E-state index in [0.29, 0.717) is 24.1 Å². The fourth-order valence-corrected chi connectivity index (χ4v) is 2.89. The van der Waals surface area contributed by atoms with Gasteiger partial charge in [-0.05, 0) is 44.8 Å². The van der Waals surface area contributed by atoms with E-state index in [1.165, 1.54) is 0 Å². The molecule has 20 heavy (non-hydrogen) atoms. The summed E-state index contributed by atoms with van der Waals surface area (Å²) in [6, 6.07) is 0.330. The summed E-state index contributed by atoms with van der Waals surface area (Å²) in [6.07, 6.45) is 3.22. The Morgan fingerprint density at radius 2 is 2.35 bits per heavy atom. The van der Waals surface area contributed by atoms with Crippen LogP contribution in [-0.2, 0) is 11.2 Å². The molecule has 0 radical (unpaired) electrons. The predicted molar refractivity (Wildman–Crippen MR) is 80.5 cm³/mol. The van der Waals surface area contributed by atoms with Crippen molar-refractivity contribution in [1.29, 1.82) is 0 Å². The maximum Gasteiger partial charge on any atom is 0.229 e. The molecule has 0 saturated carbocycles. The highest BCUT2D eigenvalue weighted by Crippen LogP contribution is 2.22. The first-order chi connectivity index (χ1) is 9.13. The van der Waals surface area contributed by atoms with Crippen LogP contribution in [-0.4, -0.2) is 42.1 Å². The van der Waals surface area contributed by atoms with Crippen LogP contribution in [0.1, 0.15) is 30.5 Å². The fraction of sp³-hybridized carbons (Fsp3) is 0.692. The number of aromatic nitrogens is 1. The minimum Gasteiger partial charge on any atom is -0.344 e. The van der Waals surface area contributed by atoms with E-state index in [4.69, 9.17) is 16.1 Å². The van der Waals surface area contributed by atoms with Gasteiger partial charge in [0.05, 0.1) is 5.69 Å². The van der Waals surface area contributed by atoms with Gasteiger partial charge in [-0.25, -0.2) is 0 Å². The Balaban J connectivity index is 0.00000200. The van der Waals surface area contributed by atoms with Gasteiger partial charge < -0.3 is 14.7 Å². The molecular weight excluding hydrogens is 301 g/mol.